The number of carbonyl (C=O) groups excluding carboxylic acids is 1. The SMILES string of the molecule is O=C(Cn1c(=O)n2nc(-c3ccco3)nc2c2c3c(sc21)CCC3)NCc1ccco1. The second kappa shape index (κ2) is 6.95. The van der Waals surface area contributed by atoms with E-state index in [0.717, 1.165) is 29.5 Å². The number of thiophene rings is 1. The molecule has 1 amide bonds. The predicted octanol–water partition coefficient (Wildman–Crippen LogP) is 2.76. The predicted molar refractivity (Wildman–Crippen MR) is 113 cm³/mol. The highest BCUT2D eigenvalue weighted by Crippen LogP contribution is 2.38. The molecule has 0 aromatic carbocycles. The lowest BCUT2D eigenvalue weighted by molar-refractivity contribution is -0.121. The number of fused-ring (bicyclic) bond motifs is 5. The molecule has 0 saturated carbocycles. The van der Waals surface area contributed by atoms with Crippen LogP contribution in [0.4, 0.5) is 0 Å². The summed E-state index contributed by atoms with van der Waals surface area (Å²) >= 11 is 1.57. The van der Waals surface area contributed by atoms with Crippen LogP contribution in [0.5, 0.6) is 0 Å². The molecule has 10 heteroatoms. The molecule has 0 aliphatic heterocycles. The Labute approximate surface area is 178 Å². The van der Waals surface area contributed by atoms with E-state index in [0.29, 0.717) is 23.0 Å². The highest BCUT2D eigenvalue weighted by molar-refractivity contribution is 7.19. The van der Waals surface area contributed by atoms with E-state index in [1.54, 1.807) is 48.1 Å². The van der Waals surface area contributed by atoms with Gasteiger partial charge in [0.1, 0.15) is 17.1 Å². The van der Waals surface area contributed by atoms with Crippen LogP contribution < -0.4 is 11.0 Å². The van der Waals surface area contributed by atoms with Crippen molar-refractivity contribution in [3.8, 4) is 11.6 Å². The molecule has 1 aliphatic rings. The summed E-state index contributed by atoms with van der Waals surface area (Å²) in [6, 6.07) is 7.05. The number of nitrogens with one attached hydrogen (secondary N) is 1. The summed E-state index contributed by atoms with van der Waals surface area (Å²) in [4.78, 5) is 32.6. The summed E-state index contributed by atoms with van der Waals surface area (Å²) in [5.74, 6) is 1.21. The zero-order valence-corrected chi connectivity index (χ0v) is 17.1. The summed E-state index contributed by atoms with van der Waals surface area (Å²) in [5, 5.41) is 8.11. The molecule has 156 valence electrons. The van der Waals surface area contributed by atoms with Crippen molar-refractivity contribution in [1.82, 2.24) is 24.5 Å². The highest BCUT2D eigenvalue weighted by atomic mass is 32.1. The molecular weight excluding hydrogens is 418 g/mol. The molecule has 0 atom stereocenters. The van der Waals surface area contributed by atoms with Gasteiger partial charge in [-0.2, -0.15) is 4.52 Å². The second-order valence-corrected chi connectivity index (χ2v) is 8.49. The fourth-order valence-electron chi connectivity index (χ4n) is 4.07. The van der Waals surface area contributed by atoms with Gasteiger partial charge in [-0.25, -0.2) is 9.78 Å². The summed E-state index contributed by atoms with van der Waals surface area (Å²) in [6.45, 7) is 0.153. The van der Waals surface area contributed by atoms with Crippen LogP contribution >= 0.6 is 11.3 Å². The van der Waals surface area contributed by atoms with Gasteiger partial charge in [0.2, 0.25) is 11.7 Å². The van der Waals surface area contributed by atoms with Crippen LogP contribution in [0, 0.1) is 0 Å². The summed E-state index contributed by atoms with van der Waals surface area (Å²) < 4.78 is 13.4. The first kappa shape index (κ1) is 18.1. The van der Waals surface area contributed by atoms with Gasteiger partial charge in [-0.1, -0.05) is 0 Å². The van der Waals surface area contributed by atoms with Crippen LogP contribution in [0.15, 0.2) is 50.4 Å². The lowest BCUT2D eigenvalue weighted by Gasteiger charge is -2.09. The number of furan rings is 2. The number of hydrogen-bond donors (Lipinski definition) is 1. The second-order valence-electron chi connectivity index (χ2n) is 7.41. The van der Waals surface area contributed by atoms with E-state index in [4.69, 9.17) is 8.83 Å². The number of aromatic nitrogens is 4. The third kappa shape index (κ3) is 2.90. The fourth-order valence-corrected chi connectivity index (χ4v) is 5.44. The molecule has 9 nitrogen and oxygen atoms in total. The van der Waals surface area contributed by atoms with Crippen molar-refractivity contribution in [2.45, 2.75) is 32.4 Å². The van der Waals surface area contributed by atoms with Gasteiger partial charge in [0.25, 0.3) is 0 Å². The molecule has 0 radical (unpaired) electrons. The van der Waals surface area contributed by atoms with Gasteiger partial charge in [0, 0.05) is 4.88 Å². The van der Waals surface area contributed by atoms with Gasteiger partial charge in [0.15, 0.2) is 11.4 Å². The maximum atomic E-state index is 13.3. The highest BCUT2D eigenvalue weighted by Gasteiger charge is 2.26. The first-order valence-corrected chi connectivity index (χ1v) is 10.8. The van der Waals surface area contributed by atoms with Crippen molar-refractivity contribution in [2.75, 3.05) is 0 Å². The monoisotopic (exact) mass is 435 g/mol. The Morgan fingerprint density at radius 3 is 2.87 bits per heavy atom. The summed E-state index contributed by atoms with van der Waals surface area (Å²) in [6.07, 6.45) is 6.07. The molecule has 0 saturated heterocycles. The molecule has 0 bridgehead atoms. The lowest BCUT2D eigenvalue weighted by atomic mass is 10.2. The maximum absolute atomic E-state index is 13.3. The summed E-state index contributed by atoms with van der Waals surface area (Å²) in [5.41, 5.74) is 1.31. The van der Waals surface area contributed by atoms with Gasteiger partial charge < -0.3 is 14.2 Å². The number of amides is 1. The Bertz CT molecular complexity index is 1470. The number of carbonyl (C=O) groups is 1. The maximum Gasteiger partial charge on any atom is 0.352 e. The zero-order chi connectivity index (χ0) is 20.9. The topological polar surface area (TPSA) is 108 Å². The van der Waals surface area contributed by atoms with Crippen molar-refractivity contribution in [3.05, 3.63) is 63.5 Å². The van der Waals surface area contributed by atoms with Crippen LogP contribution in [0.3, 0.4) is 0 Å². The minimum absolute atomic E-state index is 0.110. The number of aryl methyl sites for hydroxylation is 2. The standard InChI is InChI=1S/C21H17N5O4S/c27-16(22-10-12-4-2-8-29-12)11-25-20-17(13-5-1-7-15(13)31-20)19-23-18(14-6-3-9-30-14)24-26(19)21(25)28/h2-4,6,8-9H,1,5,7,10-11H2,(H,22,27). The van der Waals surface area contributed by atoms with E-state index in [2.05, 4.69) is 15.4 Å². The Morgan fingerprint density at radius 1 is 1.19 bits per heavy atom. The molecule has 5 aromatic rings. The van der Waals surface area contributed by atoms with Crippen molar-refractivity contribution >= 4 is 33.1 Å². The van der Waals surface area contributed by atoms with Gasteiger partial charge in [-0.15, -0.1) is 16.4 Å². The van der Waals surface area contributed by atoms with Crippen LogP contribution in [-0.4, -0.2) is 25.1 Å². The number of rotatable bonds is 5. The van der Waals surface area contributed by atoms with Crippen molar-refractivity contribution in [2.24, 2.45) is 0 Å². The molecule has 1 N–H and O–H groups in total. The van der Waals surface area contributed by atoms with E-state index < -0.39 is 5.69 Å². The summed E-state index contributed by atoms with van der Waals surface area (Å²) in [7, 11) is 0. The molecule has 0 fully saturated rings. The lowest BCUT2D eigenvalue weighted by Crippen LogP contribution is -2.34. The third-order valence-electron chi connectivity index (χ3n) is 5.47. The minimum Gasteiger partial charge on any atom is -0.467 e. The Kier molecular flexibility index (Phi) is 4.06. The van der Waals surface area contributed by atoms with E-state index in [1.807, 2.05) is 0 Å². The average molecular weight is 435 g/mol. The molecule has 1 aliphatic carbocycles. The van der Waals surface area contributed by atoms with Crippen LogP contribution in [0.1, 0.15) is 22.6 Å². The van der Waals surface area contributed by atoms with E-state index in [1.165, 1.54) is 19.5 Å². The smallest absolute Gasteiger partial charge is 0.352 e. The van der Waals surface area contributed by atoms with Crippen LogP contribution in [0.25, 0.3) is 27.4 Å². The van der Waals surface area contributed by atoms with Gasteiger partial charge in [0.05, 0.1) is 24.5 Å². The Morgan fingerprint density at radius 2 is 2.06 bits per heavy atom. The van der Waals surface area contributed by atoms with Gasteiger partial charge in [-0.05, 0) is 49.1 Å². The van der Waals surface area contributed by atoms with E-state index in [9.17, 15) is 9.59 Å². The molecule has 5 aromatic heterocycles. The molecule has 0 spiro atoms. The normalized spacial score (nSPS) is 13.3. The van der Waals surface area contributed by atoms with Gasteiger partial charge in [-0.3, -0.25) is 9.36 Å². The Hall–Kier alpha value is -3.66. The fraction of sp³-hybridized carbons (Fsp3) is 0.238. The van der Waals surface area contributed by atoms with Crippen molar-refractivity contribution in [1.29, 1.82) is 0 Å². The van der Waals surface area contributed by atoms with E-state index in [-0.39, 0.29) is 19.0 Å². The molecular formula is C21H17N5O4S. The van der Waals surface area contributed by atoms with E-state index >= 15 is 0 Å². The molecule has 6 rings (SSSR count). The zero-order valence-electron chi connectivity index (χ0n) is 16.3. The minimum atomic E-state index is -0.402. The quantitative estimate of drug-likeness (QED) is 0.455. The molecule has 0 unspecified atom stereocenters. The number of hydrogen-bond acceptors (Lipinski definition) is 7. The molecule has 5 heterocycles. The third-order valence-corrected chi connectivity index (χ3v) is 6.79. The number of nitrogens with zero attached hydrogens (tertiary/aromatic N) is 4. The Balaban J connectivity index is 1.48. The largest absolute Gasteiger partial charge is 0.467 e. The van der Waals surface area contributed by atoms with Crippen LogP contribution in [0.2, 0.25) is 0 Å². The first-order chi connectivity index (χ1) is 15.2. The van der Waals surface area contributed by atoms with Crippen molar-refractivity contribution in [3.63, 3.8) is 0 Å². The molecule has 31 heavy (non-hydrogen) atoms. The van der Waals surface area contributed by atoms with Crippen molar-refractivity contribution < 1.29 is 13.6 Å². The van der Waals surface area contributed by atoms with Gasteiger partial charge >= 0.3 is 5.69 Å². The first-order valence-electron chi connectivity index (χ1n) is 9.96. The average Bonchev–Trinajstić information content (AvgIpc) is 3.57. The van der Waals surface area contributed by atoms with Crippen LogP contribution in [-0.2, 0) is 30.7 Å².